The predicted octanol–water partition coefficient (Wildman–Crippen LogP) is 5.46. The van der Waals surface area contributed by atoms with Crippen molar-refractivity contribution in [1.82, 2.24) is 14.5 Å². The molecule has 0 aliphatic carbocycles. The summed E-state index contributed by atoms with van der Waals surface area (Å²) in [4.78, 5) is 16.7. The minimum Gasteiger partial charge on any atom is -0.324 e. The summed E-state index contributed by atoms with van der Waals surface area (Å²) in [6.45, 7) is 3.15. The summed E-state index contributed by atoms with van der Waals surface area (Å²) in [7, 11) is -3.92. The molecule has 1 N–H and O–H groups in total. The number of benzene rings is 2. The van der Waals surface area contributed by atoms with Crippen molar-refractivity contribution < 1.29 is 13.2 Å². The maximum atomic E-state index is 12.6. The average Bonchev–Trinajstić information content (AvgIpc) is 2.82. The fourth-order valence-electron chi connectivity index (χ4n) is 4.81. The van der Waals surface area contributed by atoms with Crippen LogP contribution in [-0.4, -0.2) is 56.5 Å². The quantitative estimate of drug-likeness (QED) is 0.542. The van der Waals surface area contributed by atoms with Gasteiger partial charge in [0.15, 0.2) is 0 Å². The van der Waals surface area contributed by atoms with E-state index in [9.17, 15) is 13.2 Å². The zero-order valence-electron chi connectivity index (χ0n) is 18.7. The number of carbonyl (C=O) groups excluding carboxylic acids is 1. The van der Waals surface area contributed by atoms with E-state index in [0.717, 1.165) is 45.2 Å². The van der Waals surface area contributed by atoms with E-state index in [2.05, 4.69) is 15.7 Å². The lowest BCUT2D eigenvalue weighted by atomic mass is 9.88. The van der Waals surface area contributed by atoms with Gasteiger partial charge >= 0.3 is 6.03 Å². The van der Waals surface area contributed by atoms with Crippen LogP contribution >= 0.6 is 34.8 Å². The maximum Gasteiger partial charge on any atom is 0.331 e. The Hall–Kier alpha value is -1.51. The van der Waals surface area contributed by atoms with Crippen molar-refractivity contribution in [1.29, 1.82) is 0 Å². The standard InChI is InChI=1S/C24H28Cl3N3O3S/c25-19-2-4-21(5-3-19)34(32,33)28-24(31)30-13-9-20(10-14-30)29-11-7-17(8-12-29)15-18-1-6-22(26)23(27)16-18/h1-6,16-17,20H,7-15H2,(H,28,31). The van der Waals surface area contributed by atoms with E-state index >= 15 is 0 Å². The summed E-state index contributed by atoms with van der Waals surface area (Å²) in [6, 6.07) is 11.5. The van der Waals surface area contributed by atoms with E-state index in [0.29, 0.717) is 40.1 Å². The predicted molar refractivity (Wildman–Crippen MR) is 136 cm³/mol. The van der Waals surface area contributed by atoms with Gasteiger partial charge in [0.2, 0.25) is 0 Å². The largest absolute Gasteiger partial charge is 0.331 e. The van der Waals surface area contributed by atoms with E-state index in [1.54, 1.807) is 4.90 Å². The van der Waals surface area contributed by atoms with Gasteiger partial charge in [-0.15, -0.1) is 0 Å². The molecule has 2 amide bonds. The number of sulfonamides is 1. The summed E-state index contributed by atoms with van der Waals surface area (Å²) in [5, 5.41) is 1.63. The van der Waals surface area contributed by atoms with Crippen molar-refractivity contribution in [3.63, 3.8) is 0 Å². The first kappa shape index (κ1) is 25.6. The fraction of sp³-hybridized carbons (Fsp3) is 0.458. The molecule has 6 nitrogen and oxygen atoms in total. The molecule has 2 aliphatic rings. The molecule has 184 valence electrons. The number of urea groups is 1. The molecule has 0 bridgehead atoms. The van der Waals surface area contributed by atoms with Crippen LogP contribution in [0.25, 0.3) is 0 Å². The zero-order chi connectivity index (χ0) is 24.3. The van der Waals surface area contributed by atoms with Crippen LogP contribution in [0, 0.1) is 5.92 Å². The van der Waals surface area contributed by atoms with Gasteiger partial charge in [0, 0.05) is 24.2 Å². The van der Waals surface area contributed by atoms with Crippen LogP contribution in [0.1, 0.15) is 31.2 Å². The molecule has 2 saturated heterocycles. The van der Waals surface area contributed by atoms with Crippen LogP contribution in [0.4, 0.5) is 4.79 Å². The summed E-state index contributed by atoms with van der Waals surface area (Å²) < 4.78 is 27.1. The summed E-state index contributed by atoms with van der Waals surface area (Å²) in [5.41, 5.74) is 1.22. The first-order valence-electron chi connectivity index (χ1n) is 11.5. The van der Waals surface area contributed by atoms with Gasteiger partial charge in [-0.2, -0.15) is 0 Å². The second-order valence-corrected chi connectivity index (χ2v) is 11.9. The van der Waals surface area contributed by atoms with E-state index in [1.165, 1.54) is 29.8 Å². The van der Waals surface area contributed by atoms with Crippen molar-refractivity contribution >= 4 is 50.9 Å². The molecule has 0 spiro atoms. The van der Waals surface area contributed by atoms with E-state index in [1.807, 2.05) is 12.1 Å². The Morgan fingerprint density at radius 1 is 0.882 bits per heavy atom. The number of nitrogens with one attached hydrogen (secondary N) is 1. The third-order valence-electron chi connectivity index (χ3n) is 6.77. The van der Waals surface area contributed by atoms with Crippen LogP contribution in [0.15, 0.2) is 47.4 Å². The van der Waals surface area contributed by atoms with Crippen molar-refractivity contribution in [2.75, 3.05) is 26.2 Å². The number of hydrogen-bond acceptors (Lipinski definition) is 4. The Morgan fingerprint density at radius 2 is 1.53 bits per heavy atom. The van der Waals surface area contributed by atoms with Crippen LogP contribution in [0.5, 0.6) is 0 Å². The third-order valence-corrected chi connectivity index (χ3v) is 9.10. The average molecular weight is 545 g/mol. The minimum absolute atomic E-state index is 0.0175. The van der Waals surface area contributed by atoms with Gasteiger partial charge in [0.05, 0.1) is 14.9 Å². The van der Waals surface area contributed by atoms with E-state index in [4.69, 9.17) is 34.8 Å². The second kappa shape index (κ2) is 11.0. The van der Waals surface area contributed by atoms with Crippen LogP contribution < -0.4 is 4.72 Å². The monoisotopic (exact) mass is 543 g/mol. The molecule has 4 rings (SSSR count). The lowest BCUT2D eigenvalue weighted by Crippen LogP contribution is -2.51. The van der Waals surface area contributed by atoms with Gasteiger partial charge in [-0.1, -0.05) is 40.9 Å². The highest BCUT2D eigenvalue weighted by Gasteiger charge is 2.31. The molecule has 2 aromatic carbocycles. The Kier molecular flexibility index (Phi) is 8.31. The first-order chi connectivity index (χ1) is 16.2. The lowest BCUT2D eigenvalue weighted by molar-refractivity contribution is 0.0865. The molecule has 2 aliphatic heterocycles. The lowest BCUT2D eigenvalue weighted by Gasteiger charge is -2.41. The van der Waals surface area contributed by atoms with Crippen molar-refractivity contribution in [3.05, 3.63) is 63.1 Å². The van der Waals surface area contributed by atoms with Gasteiger partial charge in [-0.05, 0) is 93.1 Å². The molecular weight excluding hydrogens is 517 g/mol. The molecule has 34 heavy (non-hydrogen) atoms. The summed E-state index contributed by atoms with van der Waals surface area (Å²) in [5.74, 6) is 0.623. The summed E-state index contributed by atoms with van der Waals surface area (Å²) in [6.07, 6.45) is 4.93. The summed E-state index contributed by atoms with van der Waals surface area (Å²) >= 11 is 18.0. The molecule has 0 radical (unpaired) electrons. The number of amides is 2. The van der Waals surface area contributed by atoms with Crippen molar-refractivity contribution in [3.8, 4) is 0 Å². The van der Waals surface area contributed by atoms with Crippen LogP contribution in [0.2, 0.25) is 15.1 Å². The Labute approximate surface area is 216 Å². The van der Waals surface area contributed by atoms with Gasteiger partial charge < -0.3 is 9.80 Å². The van der Waals surface area contributed by atoms with Gasteiger partial charge in [0.25, 0.3) is 10.0 Å². The smallest absolute Gasteiger partial charge is 0.324 e. The van der Waals surface area contributed by atoms with Gasteiger partial charge in [0.1, 0.15) is 0 Å². The number of carbonyl (C=O) groups is 1. The number of halogens is 3. The second-order valence-electron chi connectivity index (χ2n) is 9.01. The number of hydrogen-bond donors (Lipinski definition) is 1. The normalized spacial score (nSPS) is 18.7. The molecule has 0 aromatic heterocycles. The number of piperidine rings is 2. The zero-order valence-corrected chi connectivity index (χ0v) is 21.8. The SMILES string of the molecule is O=C(NS(=O)(=O)c1ccc(Cl)cc1)N1CCC(N2CCC(Cc3ccc(Cl)c(Cl)c3)CC2)CC1. The Morgan fingerprint density at radius 3 is 2.15 bits per heavy atom. The van der Waals surface area contributed by atoms with Crippen molar-refractivity contribution in [2.24, 2.45) is 5.92 Å². The number of nitrogens with zero attached hydrogens (tertiary/aromatic N) is 2. The molecule has 0 atom stereocenters. The Balaban J connectivity index is 1.23. The molecule has 2 aromatic rings. The third kappa shape index (κ3) is 6.38. The molecule has 2 heterocycles. The molecule has 0 saturated carbocycles. The van der Waals surface area contributed by atoms with Crippen LogP contribution in [-0.2, 0) is 16.4 Å². The maximum absolute atomic E-state index is 12.6. The van der Waals surface area contributed by atoms with Gasteiger partial charge in [-0.3, -0.25) is 0 Å². The molecular formula is C24H28Cl3N3O3S. The van der Waals surface area contributed by atoms with Crippen LogP contribution in [0.3, 0.4) is 0 Å². The van der Waals surface area contributed by atoms with E-state index < -0.39 is 16.1 Å². The topological polar surface area (TPSA) is 69.7 Å². The highest BCUT2D eigenvalue weighted by Crippen LogP contribution is 2.29. The molecule has 2 fully saturated rings. The van der Waals surface area contributed by atoms with Gasteiger partial charge in [-0.25, -0.2) is 17.9 Å². The first-order valence-corrected chi connectivity index (χ1v) is 14.1. The highest BCUT2D eigenvalue weighted by molar-refractivity contribution is 7.90. The molecule has 0 unspecified atom stereocenters. The van der Waals surface area contributed by atoms with E-state index in [-0.39, 0.29) is 4.90 Å². The number of likely N-dealkylation sites (tertiary alicyclic amines) is 2. The molecule has 10 heteroatoms. The highest BCUT2D eigenvalue weighted by atomic mass is 35.5. The Bertz CT molecular complexity index is 1110. The number of rotatable bonds is 5. The minimum atomic E-state index is -3.92. The fourth-order valence-corrected chi connectivity index (χ4v) is 6.23. The van der Waals surface area contributed by atoms with Crippen molar-refractivity contribution in [2.45, 2.75) is 43.0 Å².